The van der Waals surface area contributed by atoms with E-state index in [1.807, 2.05) is 32.0 Å². The minimum atomic E-state index is -0.178. The summed E-state index contributed by atoms with van der Waals surface area (Å²) in [5.41, 5.74) is 3.14. The number of carbonyl (C=O) groups excluding carboxylic acids is 2. The third-order valence-electron chi connectivity index (χ3n) is 3.30. The zero-order valence-electron chi connectivity index (χ0n) is 13.5. The Kier molecular flexibility index (Phi) is 6.92. The zero-order valence-corrected chi connectivity index (χ0v) is 13.5. The van der Waals surface area contributed by atoms with E-state index in [4.69, 9.17) is 0 Å². The summed E-state index contributed by atoms with van der Waals surface area (Å²) in [6, 6.07) is 6.05. The highest BCUT2D eigenvalue weighted by molar-refractivity contribution is 5.95. The van der Waals surface area contributed by atoms with E-state index in [0.29, 0.717) is 12.3 Å². The molecule has 2 amide bonds. The number of para-hydroxylation sites is 1. The minimum Gasteiger partial charge on any atom is -0.347 e. The first-order chi connectivity index (χ1) is 9.97. The maximum absolute atomic E-state index is 12.0. The van der Waals surface area contributed by atoms with Crippen molar-refractivity contribution in [2.75, 3.05) is 11.9 Å². The Morgan fingerprint density at radius 3 is 2.10 bits per heavy atom. The third-order valence-corrected chi connectivity index (χ3v) is 3.30. The van der Waals surface area contributed by atoms with E-state index in [1.54, 1.807) is 0 Å². The predicted octanol–water partition coefficient (Wildman–Crippen LogP) is 2.91. The van der Waals surface area contributed by atoms with Gasteiger partial charge in [0.05, 0.1) is 6.54 Å². The molecule has 1 rings (SSSR count). The van der Waals surface area contributed by atoms with Gasteiger partial charge in [0.2, 0.25) is 11.8 Å². The molecule has 0 saturated heterocycles. The molecule has 0 radical (unpaired) electrons. The molecule has 1 aromatic rings. The van der Waals surface area contributed by atoms with Crippen molar-refractivity contribution < 1.29 is 9.59 Å². The molecular weight excluding hydrogens is 264 g/mol. The van der Waals surface area contributed by atoms with Crippen LogP contribution in [0.15, 0.2) is 18.2 Å². The summed E-state index contributed by atoms with van der Waals surface area (Å²) >= 11 is 0. The van der Waals surface area contributed by atoms with Gasteiger partial charge in [0, 0.05) is 12.1 Å². The van der Waals surface area contributed by atoms with Crippen LogP contribution in [0.25, 0.3) is 0 Å². The second-order valence-corrected chi connectivity index (χ2v) is 5.58. The molecule has 0 aliphatic heterocycles. The topological polar surface area (TPSA) is 58.2 Å². The molecule has 0 heterocycles. The summed E-state index contributed by atoms with van der Waals surface area (Å²) in [6.07, 6.45) is 2.17. The lowest BCUT2D eigenvalue weighted by Crippen LogP contribution is -2.33. The molecule has 0 bridgehead atoms. The summed E-state index contributed by atoms with van der Waals surface area (Å²) < 4.78 is 0. The van der Waals surface area contributed by atoms with Gasteiger partial charge in [-0.05, 0) is 29.9 Å². The first-order valence-corrected chi connectivity index (χ1v) is 7.65. The third kappa shape index (κ3) is 5.58. The second kappa shape index (κ2) is 8.45. The van der Waals surface area contributed by atoms with Gasteiger partial charge in [0.15, 0.2) is 0 Å². The minimum absolute atomic E-state index is 0.0206. The Balaban J connectivity index is 2.64. The van der Waals surface area contributed by atoms with Crippen molar-refractivity contribution >= 4 is 17.5 Å². The molecule has 0 unspecified atom stereocenters. The standard InChI is InChI=1S/C17H26N2O2/c1-5-13-8-7-9-14(6-2)17(13)19-16(21)11-18-15(20)10-12(3)4/h7-9,12H,5-6,10-11H2,1-4H3,(H,18,20)(H,19,21). The summed E-state index contributed by atoms with van der Waals surface area (Å²) in [5, 5.41) is 5.59. The summed E-state index contributed by atoms with van der Waals surface area (Å²) in [6.45, 7) is 8.10. The van der Waals surface area contributed by atoms with Crippen LogP contribution in [0.4, 0.5) is 5.69 Å². The van der Waals surface area contributed by atoms with Gasteiger partial charge < -0.3 is 10.6 Å². The van der Waals surface area contributed by atoms with Gasteiger partial charge in [-0.2, -0.15) is 0 Å². The largest absolute Gasteiger partial charge is 0.347 e. The van der Waals surface area contributed by atoms with Crippen LogP contribution in [0.3, 0.4) is 0 Å². The highest BCUT2D eigenvalue weighted by Gasteiger charge is 2.11. The van der Waals surface area contributed by atoms with Crippen molar-refractivity contribution in [2.24, 2.45) is 5.92 Å². The van der Waals surface area contributed by atoms with Gasteiger partial charge in [-0.1, -0.05) is 45.9 Å². The Hall–Kier alpha value is -1.84. The molecule has 4 nitrogen and oxygen atoms in total. The smallest absolute Gasteiger partial charge is 0.243 e. The van der Waals surface area contributed by atoms with Gasteiger partial charge in [0.25, 0.3) is 0 Å². The average molecular weight is 290 g/mol. The lowest BCUT2D eigenvalue weighted by Gasteiger charge is -2.15. The zero-order chi connectivity index (χ0) is 15.8. The molecule has 4 heteroatoms. The van der Waals surface area contributed by atoms with E-state index in [1.165, 1.54) is 0 Å². The lowest BCUT2D eigenvalue weighted by atomic mass is 10.0. The number of carbonyl (C=O) groups is 2. The van der Waals surface area contributed by atoms with Crippen molar-refractivity contribution in [1.82, 2.24) is 5.32 Å². The number of anilines is 1. The molecule has 0 aliphatic carbocycles. The predicted molar refractivity (Wildman–Crippen MR) is 86.3 cm³/mol. The van der Waals surface area contributed by atoms with E-state index in [-0.39, 0.29) is 18.4 Å². The van der Waals surface area contributed by atoms with Gasteiger partial charge in [-0.25, -0.2) is 0 Å². The maximum Gasteiger partial charge on any atom is 0.243 e. The van der Waals surface area contributed by atoms with Gasteiger partial charge in [-0.3, -0.25) is 9.59 Å². The number of hydrogen-bond acceptors (Lipinski definition) is 2. The van der Waals surface area contributed by atoms with Crippen molar-refractivity contribution in [3.63, 3.8) is 0 Å². The van der Waals surface area contributed by atoms with Gasteiger partial charge in [0.1, 0.15) is 0 Å². The van der Waals surface area contributed by atoms with E-state index in [0.717, 1.165) is 29.7 Å². The van der Waals surface area contributed by atoms with Gasteiger partial charge in [-0.15, -0.1) is 0 Å². The number of benzene rings is 1. The maximum atomic E-state index is 12.0. The van der Waals surface area contributed by atoms with E-state index >= 15 is 0 Å². The van der Waals surface area contributed by atoms with Crippen LogP contribution in [0.5, 0.6) is 0 Å². The Morgan fingerprint density at radius 1 is 1.05 bits per heavy atom. The van der Waals surface area contributed by atoms with Crippen molar-refractivity contribution in [1.29, 1.82) is 0 Å². The number of hydrogen-bond donors (Lipinski definition) is 2. The van der Waals surface area contributed by atoms with Crippen LogP contribution in [-0.4, -0.2) is 18.4 Å². The molecule has 1 aromatic carbocycles. The van der Waals surface area contributed by atoms with Crippen LogP contribution < -0.4 is 10.6 Å². The summed E-state index contributed by atoms with van der Waals surface area (Å²) in [7, 11) is 0. The molecule has 0 aromatic heterocycles. The number of amides is 2. The Bertz CT molecular complexity index is 473. The number of rotatable bonds is 7. The highest BCUT2D eigenvalue weighted by Crippen LogP contribution is 2.22. The summed E-state index contributed by atoms with van der Waals surface area (Å²) in [5.74, 6) is 0.0305. The van der Waals surface area contributed by atoms with Crippen molar-refractivity contribution in [3.05, 3.63) is 29.3 Å². The molecule has 116 valence electrons. The Labute approximate surface area is 127 Å². The number of aryl methyl sites for hydroxylation is 2. The van der Waals surface area contributed by atoms with Crippen molar-refractivity contribution in [2.45, 2.75) is 47.0 Å². The molecule has 0 spiro atoms. The quantitative estimate of drug-likeness (QED) is 0.811. The molecular formula is C17H26N2O2. The molecule has 0 atom stereocenters. The molecule has 21 heavy (non-hydrogen) atoms. The first kappa shape index (κ1) is 17.2. The van der Waals surface area contributed by atoms with Crippen LogP contribution in [0, 0.1) is 5.92 Å². The van der Waals surface area contributed by atoms with E-state index in [9.17, 15) is 9.59 Å². The molecule has 2 N–H and O–H groups in total. The van der Waals surface area contributed by atoms with Gasteiger partial charge >= 0.3 is 0 Å². The summed E-state index contributed by atoms with van der Waals surface area (Å²) in [4.78, 5) is 23.6. The van der Waals surface area contributed by atoms with Crippen LogP contribution in [0.1, 0.15) is 45.2 Å². The van der Waals surface area contributed by atoms with E-state index in [2.05, 4.69) is 24.5 Å². The normalized spacial score (nSPS) is 10.5. The van der Waals surface area contributed by atoms with E-state index < -0.39 is 0 Å². The van der Waals surface area contributed by atoms with Crippen LogP contribution >= 0.6 is 0 Å². The monoisotopic (exact) mass is 290 g/mol. The van der Waals surface area contributed by atoms with Crippen molar-refractivity contribution in [3.8, 4) is 0 Å². The second-order valence-electron chi connectivity index (χ2n) is 5.58. The molecule has 0 fully saturated rings. The molecule has 0 saturated carbocycles. The first-order valence-electron chi connectivity index (χ1n) is 7.65. The lowest BCUT2D eigenvalue weighted by molar-refractivity contribution is -0.124. The molecule has 0 aliphatic rings. The fourth-order valence-corrected chi connectivity index (χ4v) is 2.21. The average Bonchev–Trinajstić information content (AvgIpc) is 2.44. The van der Waals surface area contributed by atoms with Crippen LogP contribution in [-0.2, 0) is 22.4 Å². The fourth-order valence-electron chi connectivity index (χ4n) is 2.21. The highest BCUT2D eigenvalue weighted by atomic mass is 16.2. The van der Waals surface area contributed by atoms with Crippen LogP contribution in [0.2, 0.25) is 0 Å². The fraction of sp³-hybridized carbons (Fsp3) is 0.529. The SMILES string of the molecule is CCc1cccc(CC)c1NC(=O)CNC(=O)CC(C)C. The number of nitrogens with one attached hydrogen (secondary N) is 2. The Morgan fingerprint density at radius 2 is 1.62 bits per heavy atom.